The number of unbranched alkanes of at least 4 members (excludes halogenated alkanes) is 1. The van der Waals surface area contributed by atoms with Gasteiger partial charge < -0.3 is 29.4 Å². The van der Waals surface area contributed by atoms with Gasteiger partial charge in [0.1, 0.15) is 6.10 Å². The van der Waals surface area contributed by atoms with E-state index < -0.39 is 56.7 Å². The molecular weight excluding hydrogens is 614 g/mol. The Morgan fingerprint density at radius 3 is 2.18 bits per heavy atom. The van der Waals surface area contributed by atoms with Crippen LogP contribution in [-0.2, 0) is 62.7 Å². The first-order valence-corrected chi connectivity index (χ1v) is 17.5. The van der Waals surface area contributed by atoms with Crippen molar-refractivity contribution in [1.82, 2.24) is 15.0 Å². The highest BCUT2D eigenvalue weighted by Gasteiger charge is 2.43. The molecule has 1 aliphatic rings. The quantitative estimate of drug-likeness (QED) is 0.106. The average Bonchev–Trinajstić information content (AvgIpc) is 3.38. The van der Waals surface area contributed by atoms with Crippen LogP contribution < -0.4 is 0 Å². The summed E-state index contributed by atoms with van der Waals surface area (Å²) in [5.74, 6) is 0. The van der Waals surface area contributed by atoms with Crippen LogP contribution in [0.3, 0.4) is 0 Å². The van der Waals surface area contributed by atoms with E-state index in [0.717, 1.165) is 7.11 Å². The third-order valence-electron chi connectivity index (χ3n) is 4.91. The molecular formula is C16H33N3O16P4. The van der Waals surface area contributed by atoms with Crippen LogP contribution in [0, 0.1) is 0 Å². The summed E-state index contributed by atoms with van der Waals surface area (Å²) >= 11 is 0. The number of phosphoric ester groups is 3. The number of aromatic nitrogens is 3. The summed E-state index contributed by atoms with van der Waals surface area (Å²) in [5, 5.41) is 17.5. The van der Waals surface area contributed by atoms with Gasteiger partial charge in [0.15, 0.2) is 0 Å². The molecule has 0 aliphatic carbocycles. The van der Waals surface area contributed by atoms with Gasteiger partial charge >= 0.3 is 31.3 Å². The highest BCUT2D eigenvalue weighted by Crippen LogP contribution is 2.67. The third-order valence-corrected chi connectivity index (χ3v) is 10.2. The highest BCUT2D eigenvalue weighted by atomic mass is 31.3. The molecule has 0 saturated carbocycles. The summed E-state index contributed by atoms with van der Waals surface area (Å²) in [6, 6.07) is 0. The number of ether oxygens (including phenoxy) is 1. The van der Waals surface area contributed by atoms with E-state index >= 15 is 0 Å². The van der Waals surface area contributed by atoms with Gasteiger partial charge in [-0.25, -0.2) is 18.3 Å². The Kier molecular flexibility index (Phi) is 13.5. The molecule has 2 rings (SSSR count). The predicted octanol–water partition coefficient (Wildman–Crippen LogP) is 1.66. The molecule has 2 heterocycles. The van der Waals surface area contributed by atoms with Gasteiger partial charge in [0.2, 0.25) is 0 Å². The standard InChI is InChI=1S/C16H33N3O16P4/c1-13-10-15(20)16(33-13)12-32-38(25,26)35-39(27,28)34-37(23,24)31-9-5-7-19-11-14(17-18-19)6-3-4-8-30-36(21,22)29-2/h11,13,15-16,20H,3-10,12H2,1-2H3,(H,21,22)(H,23,24)(H,25,26)(H,27,28)/t13-,15?,16+/m0/s1. The van der Waals surface area contributed by atoms with Crippen LogP contribution >= 0.6 is 31.3 Å². The highest BCUT2D eigenvalue weighted by molar-refractivity contribution is 7.66. The first-order valence-electron chi connectivity index (χ1n) is 11.5. The SMILES string of the molecule is COP(=O)(O)OCCCCc1cn(CCCOP(=O)(O)OP(=O)(O)OP(=O)(O)OC[C@H]2O[C@@H](C)CC2O)nn1. The largest absolute Gasteiger partial charge is 0.490 e. The van der Waals surface area contributed by atoms with Crippen LogP contribution in [0.15, 0.2) is 6.20 Å². The lowest BCUT2D eigenvalue weighted by molar-refractivity contribution is -0.0167. The topological polar surface area (TPSA) is 265 Å². The molecule has 0 amide bonds. The van der Waals surface area contributed by atoms with Gasteiger partial charge in [-0.05, 0) is 32.6 Å². The summed E-state index contributed by atoms with van der Waals surface area (Å²) in [6.07, 6.45) is 1.17. The Morgan fingerprint density at radius 2 is 1.56 bits per heavy atom. The lowest BCUT2D eigenvalue weighted by atomic mass is 10.1. The second-order valence-electron chi connectivity index (χ2n) is 8.25. The lowest BCUT2D eigenvalue weighted by Gasteiger charge is -2.20. The van der Waals surface area contributed by atoms with Gasteiger partial charge in [-0.15, -0.1) is 5.10 Å². The zero-order chi connectivity index (χ0) is 29.3. The maximum absolute atomic E-state index is 12.0. The molecule has 1 aromatic rings. The predicted molar refractivity (Wildman–Crippen MR) is 129 cm³/mol. The van der Waals surface area contributed by atoms with Crippen LogP contribution in [0.1, 0.15) is 38.3 Å². The van der Waals surface area contributed by atoms with Crippen LogP contribution in [0.4, 0.5) is 0 Å². The van der Waals surface area contributed by atoms with Gasteiger partial charge in [-0.2, -0.15) is 8.62 Å². The maximum Gasteiger partial charge on any atom is 0.490 e. The van der Waals surface area contributed by atoms with Gasteiger partial charge in [0.25, 0.3) is 0 Å². The molecule has 19 nitrogen and oxygen atoms in total. The number of hydrogen-bond donors (Lipinski definition) is 5. The summed E-state index contributed by atoms with van der Waals surface area (Å²) in [7, 11) is -19.0. The summed E-state index contributed by atoms with van der Waals surface area (Å²) in [6.45, 7) is 0.749. The van der Waals surface area contributed by atoms with Crippen molar-refractivity contribution in [1.29, 1.82) is 0 Å². The molecule has 0 aromatic carbocycles. The average molecular weight is 647 g/mol. The molecule has 39 heavy (non-hydrogen) atoms. The van der Waals surface area contributed by atoms with Crippen molar-refractivity contribution >= 4 is 31.3 Å². The van der Waals surface area contributed by atoms with Crippen molar-refractivity contribution in [3.8, 4) is 0 Å². The Morgan fingerprint density at radius 1 is 0.949 bits per heavy atom. The number of phosphoric acid groups is 4. The molecule has 1 fully saturated rings. The fraction of sp³-hybridized carbons (Fsp3) is 0.875. The van der Waals surface area contributed by atoms with E-state index in [-0.39, 0.29) is 32.1 Å². The van der Waals surface area contributed by atoms with Gasteiger partial charge in [0.05, 0.1) is 37.7 Å². The molecule has 1 aliphatic heterocycles. The first kappa shape index (κ1) is 34.8. The van der Waals surface area contributed by atoms with Gasteiger partial charge in [0, 0.05) is 26.3 Å². The maximum atomic E-state index is 12.0. The molecule has 0 spiro atoms. The fourth-order valence-corrected chi connectivity index (χ4v) is 7.20. The van der Waals surface area contributed by atoms with Crippen molar-refractivity contribution in [3.05, 3.63) is 11.9 Å². The molecule has 5 unspecified atom stereocenters. The second-order valence-corrected chi connectivity index (χ2v) is 14.4. The zero-order valence-corrected chi connectivity index (χ0v) is 24.6. The Bertz CT molecular complexity index is 1100. The molecule has 0 bridgehead atoms. The van der Waals surface area contributed by atoms with E-state index in [1.807, 2.05) is 0 Å². The molecule has 5 N–H and O–H groups in total. The van der Waals surface area contributed by atoms with Crippen molar-refractivity contribution in [2.75, 3.05) is 26.9 Å². The monoisotopic (exact) mass is 647 g/mol. The van der Waals surface area contributed by atoms with Crippen molar-refractivity contribution < 1.29 is 74.4 Å². The second kappa shape index (κ2) is 15.2. The number of rotatable bonds is 19. The first-order chi connectivity index (χ1) is 18.0. The van der Waals surface area contributed by atoms with Crippen LogP contribution in [0.2, 0.25) is 0 Å². The van der Waals surface area contributed by atoms with Crippen LogP contribution in [0.5, 0.6) is 0 Å². The summed E-state index contributed by atoms with van der Waals surface area (Å²) in [4.78, 5) is 38.0. The van der Waals surface area contributed by atoms with E-state index in [1.54, 1.807) is 13.1 Å². The minimum atomic E-state index is -5.61. The number of aliphatic hydroxyl groups excluding tert-OH is 1. The molecule has 23 heteroatoms. The lowest BCUT2D eigenvalue weighted by Crippen LogP contribution is -2.26. The van der Waals surface area contributed by atoms with Crippen LogP contribution in [0.25, 0.3) is 0 Å². The number of hydrogen-bond acceptors (Lipinski definition) is 14. The number of aliphatic hydroxyl groups is 1. The van der Waals surface area contributed by atoms with Crippen molar-refractivity contribution in [2.24, 2.45) is 0 Å². The molecule has 0 radical (unpaired) electrons. The summed E-state index contributed by atoms with van der Waals surface area (Å²) in [5.41, 5.74) is 0.614. The van der Waals surface area contributed by atoms with Gasteiger partial charge in [-0.1, -0.05) is 5.21 Å². The molecule has 7 atom stereocenters. The van der Waals surface area contributed by atoms with E-state index in [0.29, 0.717) is 25.0 Å². The number of nitrogens with zero attached hydrogens (tertiary/aromatic N) is 3. The van der Waals surface area contributed by atoms with Crippen molar-refractivity contribution in [2.45, 2.75) is 63.9 Å². The Labute approximate surface area is 223 Å². The zero-order valence-electron chi connectivity index (χ0n) is 21.0. The minimum Gasteiger partial charge on any atom is -0.390 e. The van der Waals surface area contributed by atoms with Crippen LogP contribution in [-0.4, -0.2) is 84.9 Å². The van der Waals surface area contributed by atoms with E-state index in [9.17, 15) is 38.0 Å². The molecule has 1 saturated heterocycles. The summed E-state index contributed by atoms with van der Waals surface area (Å²) < 4.78 is 79.8. The van der Waals surface area contributed by atoms with E-state index in [2.05, 4.69) is 32.5 Å². The Balaban J connectivity index is 1.68. The fourth-order valence-electron chi connectivity index (χ4n) is 3.19. The smallest absolute Gasteiger partial charge is 0.390 e. The van der Waals surface area contributed by atoms with Gasteiger partial charge in [-0.3, -0.25) is 22.8 Å². The number of aryl methyl sites for hydroxylation is 2. The van der Waals surface area contributed by atoms with Crippen molar-refractivity contribution in [3.63, 3.8) is 0 Å². The third kappa shape index (κ3) is 13.9. The normalized spacial score (nSPS) is 26.0. The van der Waals surface area contributed by atoms with E-state index in [1.165, 1.54) is 4.68 Å². The van der Waals surface area contributed by atoms with E-state index in [4.69, 9.17) is 14.2 Å². The molecule has 228 valence electrons. The molecule has 1 aromatic heterocycles. The Hall–Kier alpha value is -0.420. The minimum absolute atomic E-state index is 0.0178.